The van der Waals surface area contributed by atoms with Gasteiger partial charge in [-0.3, -0.25) is 10.1 Å². The number of aryl methyl sites for hydroxylation is 1. The van der Waals surface area contributed by atoms with E-state index in [4.69, 9.17) is 0 Å². The number of nitrogens with zero attached hydrogens (tertiary/aromatic N) is 4. The first kappa shape index (κ1) is 13.7. The Balaban J connectivity index is 2.67. The lowest BCUT2D eigenvalue weighted by Gasteiger charge is -2.07. The molecule has 2 rings (SSSR count). The minimum absolute atomic E-state index is 0.0498. The van der Waals surface area contributed by atoms with Gasteiger partial charge in [-0.25, -0.2) is 0 Å². The van der Waals surface area contributed by atoms with E-state index in [0.29, 0.717) is 23.3 Å². The molecular formula is C12H13BrN4O2. The van der Waals surface area contributed by atoms with Crippen LogP contribution in [-0.2, 0) is 11.9 Å². The van der Waals surface area contributed by atoms with Gasteiger partial charge in [0.2, 0.25) is 0 Å². The van der Waals surface area contributed by atoms with Gasteiger partial charge < -0.3 is 4.57 Å². The zero-order valence-corrected chi connectivity index (χ0v) is 12.2. The topological polar surface area (TPSA) is 73.8 Å². The Kier molecular flexibility index (Phi) is 3.94. The molecule has 0 atom stereocenters. The molecule has 0 bridgehead atoms. The maximum atomic E-state index is 11.1. The Labute approximate surface area is 118 Å². The molecule has 1 aromatic carbocycles. The maximum absolute atomic E-state index is 11.1. The average Bonchev–Trinajstić information content (AvgIpc) is 2.80. The van der Waals surface area contributed by atoms with Crippen molar-refractivity contribution in [3.63, 3.8) is 0 Å². The second-order valence-electron chi connectivity index (χ2n) is 4.10. The molecule has 19 heavy (non-hydrogen) atoms. The third kappa shape index (κ3) is 2.51. The normalized spacial score (nSPS) is 10.7. The molecular weight excluding hydrogens is 312 g/mol. The molecule has 0 saturated carbocycles. The summed E-state index contributed by atoms with van der Waals surface area (Å²) in [4.78, 5) is 10.7. The smallest absolute Gasteiger partial charge is 0.280 e. The van der Waals surface area contributed by atoms with Crippen LogP contribution in [-0.4, -0.2) is 19.7 Å². The monoisotopic (exact) mass is 324 g/mol. The standard InChI is InChI=1S/C12H13BrN4O2/c1-3-16-11(7-13)14-15-12(16)9-6-8(2)4-5-10(9)17(18)19/h4-6H,3,7H2,1-2H3. The molecule has 0 spiro atoms. The van der Waals surface area contributed by atoms with Gasteiger partial charge in [0, 0.05) is 12.6 Å². The summed E-state index contributed by atoms with van der Waals surface area (Å²) in [5.41, 5.74) is 1.51. The summed E-state index contributed by atoms with van der Waals surface area (Å²) in [6.45, 7) is 4.51. The molecule has 6 nitrogen and oxygen atoms in total. The van der Waals surface area contributed by atoms with Gasteiger partial charge >= 0.3 is 0 Å². The van der Waals surface area contributed by atoms with Crippen LogP contribution in [0.1, 0.15) is 18.3 Å². The van der Waals surface area contributed by atoms with Crippen molar-refractivity contribution in [2.75, 3.05) is 0 Å². The fourth-order valence-electron chi connectivity index (χ4n) is 1.95. The molecule has 0 aliphatic carbocycles. The van der Waals surface area contributed by atoms with E-state index in [9.17, 15) is 10.1 Å². The highest BCUT2D eigenvalue weighted by Crippen LogP contribution is 2.30. The molecule has 0 amide bonds. The van der Waals surface area contributed by atoms with Crippen LogP contribution in [0.25, 0.3) is 11.4 Å². The summed E-state index contributed by atoms with van der Waals surface area (Å²) in [7, 11) is 0. The highest BCUT2D eigenvalue weighted by Gasteiger charge is 2.21. The van der Waals surface area contributed by atoms with Crippen LogP contribution in [0.3, 0.4) is 0 Å². The van der Waals surface area contributed by atoms with E-state index < -0.39 is 4.92 Å². The van der Waals surface area contributed by atoms with Crippen LogP contribution in [0.15, 0.2) is 18.2 Å². The Morgan fingerprint density at radius 2 is 2.16 bits per heavy atom. The molecule has 1 heterocycles. The summed E-state index contributed by atoms with van der Waals surface area (Å²) in [6, 6.07) is 5.00. The minimum Gasteiger partial charge on any atom is -0.310 e. The SMILES string of the molecule is CCn1c(CBr)nnc1-c1cc(C)ccc1[N+](=O)[O-]. The summed E-state index contributed by atoms with van der Waals surface area (Å²) in [5.74, 6) is 1.29. The Hall–Kier alpha value is -1.76. The number of nitro groups is 1. The van der Waals surface area contributed by atoms with Crippen molar-refractivity contribution < 1.29 is 4.92 Å². The van der Waals surface area contributed by atoms with Gasteiger partial charge in [-0.05, 0) is 25.5 Å². The van der Waals surface area contributed by atoms with Crippen LogP contribution in [0.2, 0.25) is 0 Å². The molecule has 0 saturated heterocycles. The van der Waals surface area contributed by atoms with Crippen molar-refractivity contribution in [1.82, 2.24) is 14.8 Å². The van der Waals surface area contributed by atoms with Crippen LogP contribution >= 0.6 is 15.9 Å². The average molecular weight is 325 g/mol. The largest absolute Gasteiger partial charge is 0.310 e. The number of hydrogen-bond acceptors (Lipinski definition) is 4. The molecule has 0 radical (unpaired) electrons. The lowest BCUT2D eigenvalue weighted by atomic mass is 10.1. The fraction of sp³-hybridized carbons (Fsp3) is 0.333. The summed E-state index contributed by atoms with van der Waals surface area (Å²) in [6.07, 6.45) is 0. The van der Waals surface area contributed by atoms with Crippen molar-refractivity contribution >= 4 is 21.6 Å². The Morgan fingerprint density at radius 3 is 2.74 bits per heavy atom. The number of rotatable bonds is 4. The second kappa shape index (κ2) is 5.48. The highest BCUT2D eigenvalue weighted by molar-refractivity contribution is 9.08. The molecule has 0 aliphatic heterocycles. The Bertz CT molecular complexity index is 624. The van der Waals surface area contributed by atoms with E-state index in [1.165, 1.54) is 6.07 Å². The summed E-state index contributed by atoms with van der Waals surface area (Å²) in [5, 5.41) is 19.8. The van der Waals surface area contributed by atoms with Gasteiger partial charge in [0.05, 0.1) is 15.8 Å². The zero-order chi connectivity index (χ0) is 14.0. The summed E-state index contributed by atoms with van der Waals surface area (Å²) < 4.78 is 1.87. The van der Waals surface area contributed by atoms with E-state index in [-0.39, 0.29) is 5.69 Å². The molecule has 7 heteroatoms. The lowest BCUT2D eigenvalue weighted by Crippen LogP contribution is -2.03. The van der Waals surface area contributed by atoms with Crippen molar-refractivity contribution in [3.05, 3.63) is 39.7 Å². The van der Waals surface area contributed by atoms with Gasteiger partial charge in [-0.2, -0.15) is 0 Å². The first-order valence-electron chi connectivity index (χ1n) is 5.82. The quantitative estimate of drug-likeness (QED) is 0.492. The van der Waals surface area contributed by atoms with E-state index in [0.717, 1.165) is 11.4 Å². The molecule has 0 N–H and O–H groups in total. The first-order chi connectivity index (χ1) is 9.08. The third-order valence-electron chi connectivity index (χ3n) is 2.85. The predicted octanol–water partition coefficient (Wildman–Crippen LogP) is 3.08. The van der Waals surface area contributed by atoms with E-state index in [1.807, 2.05) is 18.4 Å². The van der Waals surface area contributed by atoms with Crippen LogP contribution in [0.4, 0.5) is 5.69 Å². The van der Waals surface area contributed by atoms with Gasteiger partial charge in [-0.1, -0.05) is 22.0 Å². The summed E-state index contributed by atoms with van der Waals surface area (Å²) >= 11 is 3.34. The van der Waals surface area contributed by atoms with E-state index in [1.54, 1.807) is 12.1 Å². The molecule has 2 aromatic rings. The fourth-order valence-corrected chi connectivity index (χ4v) is 2.37. The molecule has 0 fully saturated rings. The number of alkyl halides is 1. The van der Waals surface area contributed by atoms with Crippen LogP contribution < -0.4 is 0 Å². The lowest BCUT2D eigenvalue weighted by molar-refractivity contribution is -0.384. The molecule has 1 aromatic heterocycles. The zero-order valence-electron chi connectivity index (χ0n) is 10.6. The Morgan fingerprint density at radius 1 is 1.42 bits per heavy atom. The molecule has 100 valence electrons. The van der Waals surface area contributed by atoms with Crippen LogP contribution in [0, 0.1) is 17.0 Å². The van der Waals surface area contributed by atoms with Crippen LogP contribution in [0.5, 0.6) is 0 Å². The number of benzene rings is 1. The van der Waals surface area contributed by atoms with E-state index >= 15 is 0 Å². The third-order valence-corrected chi connectivity index (χ3v) is 3.35. The van der Waals surface area contributed by atoms with Gasteiger partial charge in [0.15, 0.2) is 5.82 Å². The first-order valence-corrected chi connectivity index (χ1v) is 6.94. The molecule has 0 aliphatic rings. The minimum atomic E-state index is -0.392. The second-order valence-corrected chi connectivity index (χ2v) is 4.66. The van der Waals surface area contributed by atoms with Gasteiger partial charge in [-0.15, -0.1) is 10.2 Å². The van der Waals surface area contributed by atoms with Crippen molar-refractivity contribution in [2.45, 2.75) is 25.7 Å². The molecule has 0 unspecified atom stereocenters. The van der Waals surface area contributed by atoms with Crippen molar-refractivity contribution in [1.29, 1.82) is 0 Å². The number of halogens is 1. The van der Waals surface area contributed by atoms with Gasteiger partial charge in [0.25, 0.3) is 5.69 Å². The maximum Gasteiger partial charge on any atom is 0.280 e. The predicted molar refractivity (Wildman–Crippen MR) is 75.2 cm³/mol. The van der Waals surface area contributed by atoms with Gasteiger partial charge in [0.1, 0.15) is 5.82 Å². The van der Waals surface area contributed by atoms with Crippen molar-refractivity contribution in [3.8, 4) is 11.4 Å². The number of hydrogen-bond donors (Lipinski definition) is 0. The number of aromatic nitrogens is 3. The van der Waals surface area contributed by atoms with E-state index in [2.05, 4.69) is 26.1 Å². The highest BCUT2D eigenvalue weighted by atomic mass is 79.9. The van der Waals surface area contributed by atoms with Crippen molar-refractivity contribution in [2.24, 2.45) is 0 Å². The number of nitro benzene ring substituents is 1.